The molecule has 1 aromatic heterocycles. The number of carbonyl (C=O) groups is 1. The molecular formula is C21H19FN2O2. The molecule has 0 spiro atoms. The smallest absolute Gasteiger partial charge is 0.251 e. The molecule has 1 amide bonds. The van der Waals surface area contributed by atoms with Gasteiger partial charge in [0.25, 0.3) is 5.91 Å². The number of nitrogens with one attached hydrogen (secondary N) is 1. The molecule has 0 bridgehead atoms. The summed E-state index contributed by atoms with van der Waals surface area (Å²) < 4.78 is 13.4. The van der Waals surface area contributed by atoms with E-state index in [-0.39, 0.29) is 29.5 Å². The first-order chi connectivity index (χ1) is 12.6. The predicted octanol–water partition coefficient (Wildman–Crippen LogP) is 3.62. The van der Waals surface area contributed by atoms with Crippen molar-refractivity contribution in [2.75, 3.05) is 0 Å². The van der Waals surface area contributed by atoms with Gasteiger partial charge in [-0.25, -0.2) is 4.39 Å². The molecule has 2 N–H and O–H groups in total. The third-order valence-corrected chi connectivity index (χ3v) is 4.97. The van der Waals surface area contributed by atoms with Gasteiger partial charge in [0, 0.05) is 17.1 Å². The SMILES string of the molecule is O=C(N[C@@H](c1cnc2ccccc2c1)C1CC(O)C1)c1cccc(F)c1. The van der Waals surface area contributed by atoms with Gasteiger partial charge in [-0.2, -0.15) is 0 Å². The number of amides is 1. The highest BCUT2D eigenvalue weighted by molar-refractivity contribution is 5.94. The minimum Gasteiger partial charge on any atom is -0.393 e. The van der Waals surface area contributed by atoms with E-state index in [1.807, 2.05) is 30.3 Å². The molecule has 4 rings (SSSR count). The number of fused-ring (bicyclic) bond motifs is 1. The monoisotopic (exact) mass is 350 g/mol. The van der Waals surface area contributed by atoms with Gasteiger partial charge in [-0.15, -0.1) is 0 Å². The summed E-state index contributed by atoms with van der Waals surface area (Å²) in [4.78, 5) is 17.1. The first-order valence-corrected chi connectivity index (χ1v) is 8.69. The Hall–Kier alpha value is -2.79. The number of benzene rings is 2. The van der Waals surface area contributed by atoms with E-state index >= 15 is 0 Å². The highest BCUT2D eigenvalue weighted by Gasteiger charge is 2.36. The number of carbonyl (C=O) groups excluding carboxylic acids is 1. The number of hydrogen-bond donors (Lipinski definition) is 2. The molecule has 0 aliphatic heterocycles. The van der Waals surface area contributed by atoms with Crippen molar-refractivity contribution in [2.45, 2.75) is 25.0 Å². The molecule has 0 saturated heterocycles. The van der Waals surface area contributed by atoms with Crippen LogP contribution in [0.25, 0.3) is 10.9 Å². The van der Waals surface area contributed by atoms with E-state index in [1.165, 1.54) is 18.2 Å². The fourth-order valence-corrected chi connectivity index (χ4v) is 3.49. The van der Waals surface area contributed by atoms with Crippen molar-refractivity contribution in [3.8, 4) is 0 Å². The van der Waals surface area contributed by atoms with Gasteiger partial charge < -0.3 is 10.4 Å². The van der Waals surface area contributed by atoms with Crippen molar-refractivity contribution in [1.82, 2.24) is 10.3 Å². The Morgan fingerprint density at radius 3 is 2.73 bits per heavy atom. The number of nitrogens with zero attached hydrogens (tertiary/aromatic N) is 1. The maximum atomic E-state index is 13.4. The zero-order chi connectivity index (χ0) is 18.1. The molecule has 132 valence electrons. The van der Waals surface area contributed by atoms with Gasteiger partial charge in [-0.1, -0.05) is 24.3 Å². The minimum atomic E-state index is -0.444. The third kappa shape index (κ3) is 3.30. The molecule has 0 radical (unpaired) electrons. The quantitative estimate of drug-likeness (QED) is 0.755. The summed E-state index contributed by atoms with van der Waals surface area (Å²) in [5.74, 6) is -0.643. The Labute approximate surface area is 150 Å². The summed E-state index contributed by atoms with van der Waals surface area (Å²) in [7, 11) is 0. The summed E-state index contributed by atoms with van der Waals surface area (Å²) in [5.41, 5.74) is 2.06. The van der Waals surface area contributed by atoms with E-state index in [0.717, 1.165) is 16.5 Å². The minimum absolute atomic E-state index is 0.130. The number of aliphatic hydroxyl groups is 1. The van der Waals surface area contributed by atoms with E-state index < -0.39 is 5.82 Å². The summed E-state index contributed by atoms with van der Waals surface area (Å²) in [6.07, 6.45) is 2.69. The second kappa shape index (κ2) is 6.84. The zero-order valence-electron chi connectivity index (χ0n) is 14.1. The van der Waals surface area contributed by atoms with Gasteiger partial charge in [-0.05, 0) is 54.7 Å². The first-order valence-electron chi connectivity index (χ1n) is 8.69. The number of aromatic nitrogens is 1. The van der Waals surface area contributed by atoms with Crippen LogP contribution in [0, 0.1) is 11.7 Å². The first kappa shape index (κ1) is 16.7. The summed E-state index contributed by atoms with van der Waals surface area (Å²) >= 11 is 0. The van der Waals surface area contributed by atoms with Crippen molar-refractivity contribution >= 4 is 16.8 Å². The van der Waals surface area contributed by atoms with Crippen LogP contribution >= 0.6 is 0 Å². The summed E-state index contributed by atoms with van der Waals surface area (Å²) in [5, 5.41) is 13.7. The van der Waals surface area contributed by atoms with Crippen LogP contribution < -0.4 is 5.32 Å². The molecular weight excluding hydrogens is 331 g/mol. The van der Waals surface area contributed by atoms with E-state index in [4.69, 9.17) is 0 Å². The molecule has 1 aliphatic rings. The van der Waals surface area contributed by atoms with Crippen LogP contribution in [0.3, 0.4) is 0 Å². The van der Waals surface area contributed by atoms with Crippen LogP contribution in [-0.4, -0.2) is 22.1 Å². The lowest BCUT2D eigenvalue weighted by Crippen LogP contribution is -2.41. The van der Waals surface area contributed by atoms with E-state index in [2.05, 4.69) is 10.3 Å². The Morgan fingerprint density at radius 1 is 1.15 bits per heavy atom. The largest absolute Gasteiger partial charge is 0.393 e. The van der Waals surface area contributed by atoms with E-state index in [1.54, 1.807) is 12.3 Å². The van der Waals surface area contributed by atoms with Gasteiger partial charge in [0.2, 0.25) is 0 Å². The third-order valence-electron chi connectivity index (χ3n) is 4.97. The van der Waals surface area contributed by atoms with Crippen LogP contribution in [-0.2, 0) is 0 Å². The lowest BCUT2D eigenvalue weighted by Gasteiger charge is -2.38. The molecule has 5 heteroatoms. The lowest BCUT2D eigenvalue weighted by atomic mass is 9.75. The van der Waals surface area contributed by atoms with Crippen molar-refractivity contribution in [3.63, 3.8) is 0 Å². The number of pyridine rings is 1. The second-order valence-corrected chi connectivity index (χ2v) is 6.81. The Balaban J connectivity index is 1.64. The van der Waals surface area contributed by atoms with Crippen LogP contribution in [0.5, 0.6) is 0 Å². The van der Waals surface area contributed by atoms with Crippen molar-refractivity contribution in [3.05, 3.63) is 77.7 Å². The Kier molecular flexibility index (Phi) is 4.39. The van der Waals surface area contributed by atoms with Gasteiger partial charge in [0.1, 0.15) is 5.82 Å². The number of aliphatic hydroxyl groups excluding tert-OH is 1. The fraction of sp³-hybridized carbons (Fsp3) is 0.238. The maximum absolute atomic E-state index is 13.4. The maximum Gasteiger partial charge on any atom is 0.251 e. The lowest BCUT2D eigenvalue weighted by molar-refractivity contribution is 0.0235. The number of para-hydroxylation sites is 1. The van der Waals surface area contributed by atoms with Crippen LogP contribution in [0.15, 0.2) is 60.8 Å². The van der Waals surface area contributed by atoms with Gasteiger partial charge in [0.05, 0.1) is 17.7 Å². The average molecular weight is 350 g/mol. The van der Waals surface area contributed by atoms with Gasteiger partial charge in [-0.3, -0.25) is 9.78 Å². The highest BCUT2D eigenvalue weighted by atomic mass is 19.1. The normalized spacial score (nSPS) is 20.4. The highest BCUT2D eigenvalue weighted by Crippen LogP contribution is 2.38. The molecule has 0 unspecified atom stereocenters. The Morgan fingerprint density at radius 2 is 1.96 bits per heavy atom. The summed E-state index contributed by atoms with van der Waals surface area (Å²) in [6, 6.07) is 15.2. The zero-order valence-corrected chi connectivity index (χ0v) is 14.1. The predicted molar refractivity (Wildman–Crippen MR) is 97.1 cm³/mol. The molecule has 1 atom stereocenters. The van der Waals surface area contributed by atoms with Crippen LogP contribution in [0.4, 0.5) is 4.39 Å². The molecule has 1 heterocycles. The van der Waals surface area contributed by atoms with Crippen molar-refractivity contribution < 1.29 is 14.3 Å². The Bertz CT molecular complexity index is 953. The van der Waals surface area contributed by atoms with Crippen molar-refractivity contribution in [2.24, 2.45) is 5.92 Å². The molecule has 4 nitrogen and oxygen atoms in total. The number of rotatable bonds is 4. The van der Waals surface area contributed by atoms with Gasteiger partial charge >= 0.3 is 0 Å². The molecule has 1 aliphatic carbocycles. The fourth-order valence-electron chi connectivity index (χ4n) is 3.49. The standard InChI is InChI=1S/C21H19FN2O2/c22-17-6-3-5-14(9-17)21(26)24-20(15-10-18(25)11-15)16-8-13-4-1-2-7-19(13)23-12-16/h1-9,12,15,18,20,25H,10-11H2,(H,24,26)/t15?,18?,20-/m1/s1. The molecule has 26 heavy (non-hydrogen) atoms. The average Bonchev–Trinajstić information content (AvgIpc) is 2.63. The molecule has 1 saturated carbocycles. The second-order valence-electron chi connectivity index (χ2n) is 6.81. The van der Waals surface area contributed by atoms with Crippen LogP contribution in [0.2, 0.25) is 0 Å². The topological polar surface area (TPSA) is 62.2 Å². The summed E-state index contributed by atoms with van der Waals surface area (Å²) in [6.45, 7) is 0. The molecule has 3 aromatic rings. The number of hydrogen-bond acceptors (Lipinski definition) is 3. The van der Waals surface area contributed by atoms with Crippen molar-refractivity contribution in [1.29, 1.82) is 0 Å². The van der Waals surface area contributed by atoms with Gasteiger partial charge in [0.15, 0.2) is 0 Å². The number of halogens is 1. The van der Waals surface area contributed by atoms with E-state index in [9.17, 15) is 14.3 Å². The molecule has 2 aromatic carbocycles. The van der Waals surface area contributed by atoms with E-state index in [0.29, 0.717) is 12.8 Å². The molecule has 1 fully saturated rings. The van der Waals surface area contributed by atoms with Crippen LogP contribution in [0.1, 0.15) is 34.8 Å².